The second-order valence-electron chi connectivity index (χ2n) is 1.76. The molecule has 0 saturated heterocycles. The molecule has 0 spiro atoms. The van der Waals surface area contributed by atoms with Crippen molar-refractivity contribution < 1.29 is 4.65 Å². The second kappa shape index (κ2) is 7.02. The maximum absolute atomic E-state index is 5.01. The Bertz CT molecular complexity index is 33.5. The predicted octanol–water partition coefficient (Wildman–Crippen LogP) is 1.86. The van der Waals surface area contributed by atoms with Crippen molar-refractivity contribution >= 4 is 7.48 Å². The molecule has 0 rings (SSSR count). The third kappa shape index (κ3) is 6.02. The molecule has 0 heterocycles. The van der Waals surface area contributed by atoms with E-state index in [1.807, 2.05) is 14.4 Å². The van der Waals surface area contributed by atoms with Crippen LogP contribution in [-0.2, 0) is 4.65 Å². The van der Waals surface area contributed by atoms with Crippen molar-refractivity contribution in [3.8, 4) is 0 Å². The average molecular weight is 113 g/mol. The normalized spacial score (nSPS) is 9.25. The number of hydrogen-bond donors (Lipinski definition) is 0. The predicted molar refractivity (Wildman–Crippen MR) is 37.1 cm³/mol. The Morgan fingerprint density at radius 2 is 2.12 bits per heavy atom. The third-order valence-electron chi connectivity index (χ3n) is 0.960. The first kappa shape index (κ1) is 8.02. The molecule has 0 aromatic rings. The Labute approximate surface area is 52.7 Å². The van der Waals surface area contributed by atoms with E-state index in [0.29, 0.717) is 0 Å². The van der Waals surface area contributed by atoms with Gasteiger partial charge in [0.1, 0.15) is 0 Å². The van der Waals surface area contributed by atoms with Crippen LogP contribution in [0.5, 0.6) is 0 Å². The minimum Gasteiger partial charge on any atom is -0.441 e. The molecular weight excluding hydrogens is 98.9 g/mol. The van der Waals surface area contributed by atoms with Crippen molar-refractivity contribution in [3.05, 3.63) is 0 Å². The molecule has 0 N–H and O–H groups in total. The van der Waals surface area contributed by atoms with E-state index in [2.05, 4.69) is 6.92 Å². The molecule has 1 radical (unpaired) electrons. The lowest BCUT2D eigenvalue weighted by atomic mass is 9.92. The zero-order valence-electron chi connectivity index (χ0n) is 5.81. The molecule has 0 saturated carbocycles. The molecule has 0 aliphatic carbocycles. The number of hydrogen-bond acceptors (Lipinski definition) is 1. The molecule has 47 valence electrons. The fraction of sp³-hybridized carbons (Fsp3) is 1.00. The van der Waals surface area contributed by atoms with Gasteiger partial charge >= 0.3 is 0 Å². The summed E-state index contributed by atoms with van der Waals surface area (Å²) in [5.74, 6) is 0. The highest BCUT2D eigenvalue weighted by Gasteiger charge is 1.87. The molecule has 0 aliphatic rings. The van der Waals surface area contributed by atoms with Gasteiger partial charge in [0, 0.05) is 6.61 Å². The molecule has 8 heavy (non-hydrogen) atoms. The summed E-state index contributed by atoms with van der Waals surface area (Å²) >= 11 is 0. The van der Waals surface area contributed by atoms with Gasteiger partial charge in [0.25, 0.3) is 7.48 Å². The molecule has 0 unspecified atom stereocenters. The van der Waals surface area contributed by atoms with Crippen LogP contribution in [0.15, 0.2) is 0 Å². The van der Waals surface area contributed by atoms with E-state index in [9.17, 15) is 0 Å². The molecule has 0 atom stereocenters. The molecule has 0 fully saturated rings. The average Bonchev–Trinajstić information content (AvgIpc) is 1.81. The molecule has 0 aromatic heterocycles. The van der Waals surface area contributed by atoms with Gasteiger partial charge in [0.15, 0.2) is 0 Å². The minimum atomic E-state index is 0.809. The lowest BCUT2D eigenvalue weighted by Crippen LogP contribution is -1.95. The first-order chi connectivity index (χ1) is 3.91. The van der Waals surface area contributed by atoms with Crippen molar-refractivity contribution in [1.29, 1.82) is 0 Å². The molecule has 0 amide bonds. The summed E-state index contributed by atoms with van der Waals surface area (Å²) in [6, 6.07) is 0. The quantitative estimate of drug-likeness (QED) is 0.390. The summed E-state index contributed by atoms with van der Waals surface area (Å²) in [6.45, 7) is 4.99. The van der Waals surface area contributed by atoms with Gasteiger partial charge in [-0.05, 0) is 6.92 Å². The first-order valence-corrected chi connectivity index (χ1v) is 3.35. The van der Waals surface area contributed by atoms with E-state index >= 15 is 0 Å². The summed E-state index contributed by atoms with van der Waals surface area (Å²) in [5, 5.41) is 0. The van der Waals surface area contributed by atoms with Crippen molar-refractivity contribution in [2.24, 2.45) is 0 Å². The molecule has 2 heteroatoms. The standard InChI is InChI=1S/C6H14BO/c1-3-5-6-7-8-4-2/h3-6H2,1-2H3. The zero-order chi connectivity index (χ0) is 6.24. The molecule has 0 aliphatic heterocycles. The molecule has 0 bridgehead atoms. The van der Waals surface area contributed by atoms with E-state index in [1.54, 1.807) is 0 Å². The lowest BCUT2D eigenvalue weighted by Gasteiger charge is -1.94. The van der Waals surface area contributed by atoms with Gasteiger partial charge in [-0.25, -0.2) is 0 Å². The van der Waals surface area contributed by atoms with E-state index in [0.717, 1.165) is 12.9 Å². The Hall–Kier alpha value is 0.0249. The van der Waals surface area contributed by atoms with Gasteiger partial charge in [0.2, 0.25) is 0 Å². The zero-order valence-corrected chi connectivity index (χ0v) is 5.81. The highest BCUT2D eigenvalue weighted by Crippen LogP contribution is 1.92. The highest BCUT2D eigenvalue weighted by atomic mass is 16.4. The highest BCUT2D eigenvalue weighted by molar-refractivity contribution is 6.26. The topological polar surface area (TPSA) is 9.23 Å². The van der Waals surface area contributed by atoms with Crippen LogP contribution < -0.4 is 0 Å². The van der Waals surface area contributed by atoms with Crippen LogP contribution in [0.2, 0.25) is 6.32 Å². The smallest absolute Gasteiger partial charge is 0.292 e. The van der Waals surface area contributed by atoms with Gasteiger partial charge < -0.3 is 4.65 Å². The fourth-order valence-corrected chi connectivity index (χ4v) is 0.489. The van der Waals surface area contributed by atoms with Crippen molar-refractivity contribution in [2.75, 3.05) is 6.61 Å². The van der Waals surface area contributed by atoms with Gasteiger partial charge in [-0.15, -0.1) is 0 Å². The minimum absolute atomic E-state index is 0.809. The first-order valence-electron chi connectivity index (χ1n) is 3.35. The van der Waals surface area contributed by atoms with Crippen molar-refractivity contribution in [3.63, 3.8) is 0 Å². The van der Waals surface area contributed by atoms with Gasteiger partial charge in [0.05, 0.1) is 0 Å². The van der Waals surface area contributed by atoms with Crippen LogP contribution in [0.3, 0.4) is 0 Å². The van der Waals surface area contributed by atoms with E-state index in [-0.39, 0.29) is 0 Å². The van der Waals surface area contributed by atoms with Gasteiger partial charge in [-0.2, -0.15) is 0 Å². The lowest BCUT2D eigenvalue weighted by molar-refractivity contribution is 0.359. The Kier molecular flexibility index (Phi) is 7.05. The Balaban J connectivity index is 2.53. The second-order valence-corrected chi connectivity index (χ2v) is 1.76. The number of rotatable bonds is 5. The van der Waals surface area contributed by atoms with Gasteiger partial charge in [-0.1, -0.05) is 26.1 Å². The van der Waals surface area contributed by atoms with Gasteiger partial charge in [-0.3, -0.25) is 0 Å². The summed E-state index contributed by atoms with van der Waals surface area (Å²) in [7, 11) is 1.89. The van der Waals surface area contributed by atoms with E-state index in [1.165, 1.54) is 12.8 Å². The third-order valence-corrected chi connectivity index (χ3v) is 0.960. The molecular formula is C6H14BO. The Morgan fingerprint density at radius 1 is 1.38 bits per heavy atom. The summed E-state index contributed by atoms with van der Waals surface area (Å²) in [6.07, 6.45) is 3.61. The maximum Gasteiger partial charge on any atom is 0.292 e. The van der Waals surface area contributed by atoms with E-state index in [4.69, 9.17) is 4.65 Å². The maximum atomic E-state index is 5.01. The largest absolute Gasteiger partial charge is 0.441 e. The molecule has 1 nitrogen and oxygen atoms in total. The Morgan fingerprint density at radius 3 is 2.62 bits per heavy atom. The monoisotopic (exact) mass is 113 g/mol. The van der Waals surface area contributed by atoms with Crippen molar-refractivity contribution in [2.45, 2.75) is 33.0 Å². The number of unbranched alkanes of at least 4 members (excludes halogenated alkanes) is 1. The van der Waals surface area contributed by atoms with Crippen LogP contribution >= 0.6 is 0 Å². The summed E-state index contributed by atoms with van der Waals surface area (Å²) in [4.78, 5) is 0. The SMILES string of the molecule is CCCC[B]OCC. The van der Waals surface area contributed by atoms with Crippen LogP contribution in [0, 0.1) is 0 Å². The van der Waals surface area contributed by atoms with Crippen LogP contribution in [0.4, 0.5) is 0 Å². The van der Waals surface area contributed by atoms with Crippen LogP contribution in [0.1, 0.15) is 26.7 Å². The fourth-order valence-electron chi connectivity index (χ4n) is 0.489. The van der Waals surface area contributed by atoms with E-state index < -0.39 is 0 Å². The van der Waals surface area contributed by atoms with Crippen molar-refractivity contribution in [1.82, 2.24) is 0 Å². The summed E-state index contributed by atoms with van der Waals surface area (Å²) in [5.41, 5.74) is 0. The summed E-state index contributed by atoms with van der Waals surface area (Å²) < 4.78 is 5.01. The van der Waals surface area contributed by atoms with Crippen LogP contribution in [0.25, 0.3) is 0 Å². The molecule has 0 aromatic carbocycles. The van der Waals surface area contributed by atoms with Crippen LogP contribution in [-0.4, -0.2) is 14.1 Å².